The number of fused-ring (bicyclic) bond motifs is 1. The van der Waals surface area contributed by atoms with Crippen molar-refractivity contribution in [3.63, 3.8) is 0 Å². The fourth-order valence-corrected chi connectivity index (χ4v) is 5.00. The Morgan fingerprint density at radius 2 is 1.92 bits per heavy atom. The van der Waals surface area contributed by atoms with Gasteiger partial charge in [0.25, 0.3) is 11.5 Å². The van der Waals surface area contributed by atoms with Crippen LogP contribution in [0.5, 0.6) is 0 Å². The van der Waals surface area contributed by atoms with E-state index in [0.717, 1.165) is 36.6 Å². The van der Waals surface area contributed by atoms with E-state index >= 15 is 0 Å². The van der Waals surface area contributed by atoms with E-state index in [9.17, 15) is 27.9 Å². The predicted molar refractivity (Wildman–Crippen MR) is 126 cm³/mol. The number of nitrogens with one attached hydrogen (secondary N) is 1. The number of hydrogen-bond donors (Lipinski definition) is 2. The number of nitrogens with zero attached hydrogens (tertiary/aromatic N) is 2. The van der Waals surface area contributed by atoms with Gasteiger partial charge in [-0.25, -0.2) is 4.98 Å². The molecule has 0 unspecified atom stereocenters. The SMILES string of the molecule is O=C([C@@H](O)c1cccc(C(F)(F)F)c1)N1CCCc2nc(C3(c4cccc(Cl)c4)CC3)[nH]c(=O)c2C1. The fraction of sp³-hybridized carbons (Fsp3) is 0.346. The van der Waals surface area contributed by atoms with Crippen molar-refractivity contribution in [2.24, 2.45) is 0 Å². The van der Waals surface area contributed by atoms with Crippen LogP contribution in [0.25, 0.3) is 0 Å². The minimum absolute atomic E-state index is 0.0863. The van der Waals surface area contributed by atoms with Crippen molar-refractivity contribution in [1.82, 2.24) is 14.9 Å². The average molecular weight is 518 g/mol. The van der Waals surface area contributed by atoms with Crippen LogP contribution in [0.3, 0.4) is 0 Å². The predicted octanol–water partition coefficient (Wildman–Crippen LogP) is 4.53. The van der Waals surface area contributed by atoms with Crippen LogP contribution >= 0.6 is 11.6 Å². The average Bonchev–Trinajstić information content (AvgIpc) is 3.67. The lowest BCUT2D eigenvalue weighted by molar-refractivity contribution is -0.142. The summed E-state index contributed by atoms with van der Waals surface area (Å²) < 4.78 is 39.2. The van der Waals surface area contributed by atoms with Gasteiger partial charge < -0.3 is 15.0 Å². The number of amides is 1. The lowest BCUT2D eigenvalue weighted by Crippen LogP contribution is -2.36. The molecule has 1 aromatic heterocycles. The van der Waals surface area contributed by atoms with Crippen LogP contribution in [-0.2, 0) is 29.4 Å². The second kappa shape index (κ2) is 9.05. The number of aromatic nitrogens is 2. The van der Waals surface area contributed by atoms with E-state index in [2.05, 4.69) is 4.98 Å². The van der Waals surface area contributed by atoms with Crippen LogP contribution < -0.4 is 5.56 Å². The van der Waals surface area contributed by atoms with Crippen molar-refractivity contribution in [1.29, 1.82) is 0 Å². The zero-order chi connectivity index (χ0) is 25.7. The van der Waals surface area contributed by atoms with Crippen molar-refractivity contribution in [3.05, 3.63) is 97.7 Å². The number of aliphatic hydroxyl groups excluding tert-OH is 1. The maximum Gasteiger partial charge on any atom is 0.416 e. The molecule has 0 radical (unpaired) electrons. The molecule has 2 aromatic carbocycles. The molecule has 1 amide bonds. The number of carbonyl (C=O) groups excluding carboxylic acids is 1. The van der Waals surface area contributed by atoms with E-state index in [-0.39, 0.29) is 24.2 Å². The number of rotatable bonds is 4. The van der Waals surface area contributed by atoms with Crippen LogP contribution in [0.4, 0.5) is 13.2 Å². The minimum atomic E-state index is -4.60. The number of benzene rings is 2. The van der Waals surface area contributed by atoms with Gasteiger partial charge >= 0.3 is 6.18 Å². The zero-order valence-corrected chi connectivity index (χ0v) is 19.9. The van der Waals surface area contributed by atoms with Gasteiger partial charge in [-0.2, -0.15) is 13.2 Å². The summed E-state index contributed by atoms with van der Waals surface area (Å²) in [5.41, 5.74) is 0.0207. The first-order valence-corrected chi connectivity index (χ1v) is 12.0. The van der Waals surface area contributed by atoms with Gasteiger partial charge in [0.2, 0.25) is 0 Å². The van der Waals surface area contributed by atoms with Gasteiger partial charge in [0.1, 0.15) is 5.82 Å². The van der Waals surface area contributed by atoms with Crippen LogP contribution in [0.1, 0.15) is 59.1 Å². The second-order valence-electron chi connectivity index (χ2n) is 9.32. The van der Waals surface area contributed by atoms with Gasteiger partial charge in [-0.05, 0) is 61.1 Å². The number of aryl methyl sites for hydroxylation is 1. The Balaban J connectivity index is 1.41. The zero-order valence-electron chi connectivity index (χ0n) is 19.1. The summed E-state index contributed by atoms with van der Waals surface area (Å²) in [7, 11) is 0. The molecular weight excluding hydrogens is 495 g/mol. The first kappa shape index (κ1) is 24.5. The summed E-state index contributed by atoms with van der Waals surface area (Å²) in [6.45, 7) is 0.149. The number of hydrogen-bond acceptors (Lipinski definition) is 4. The largest absolute Gasteiger partial charge is 0.416 e. The molecule has 5 rings (SSSR count). The Morgan fingerprint density at radius 1 is 1.17 bits per heavy atom. The third-order valence-electron chi connectivity index (χ3n) is 6.95. The van der Waals surface area contributed by atoms with Gasteiger partial charge in [0.05, 0.1) is 28.8 Å². The Morgan fingerprint density at radius 3 is 2.61 bits per heavy atom. The van der Waals surface area contributed by atoms with Crippen molar-refractivity contribution in [2.45, 2.75) is 49.9 Å². The number of alkyl halides is 3. The van der Waals surface area contributed by atoms with Crippen LogP contribution in [-0.4, -0.2) is 32.4 Å². The van der Waals surface area contributed by atoms with E-state index in [0.29, 0.717) is 34.9 Å². The summed E-state index contributed by atoms with van der Waals surface area (Å²) >= 11 is 6.17. The van der Waals surface area contributed by atoms with E-state index < -0.39 is 29.2 Å². The third-order valence-corrected chi connectivity index (χ3v) is 7.18. The van der Waals surface area contributed by atoms with E-state index in [1.807, 2.05) is 18.2 Å². The molecule has 2 aliphatic rings. The van der Waals surface area contributed by atoms with Crippen molar-refractivity contribution < 1.29 is 23.1 Å². The smallest absolute Gasteiger partial charge is 0.378 e. The second-order valence-corrected chi connectivity index (χ2v) is 9.76. The summed E-state index contributed by atoms with van der Waals surface area (Å²) in [5.74, 6) is -0.194. The van der Waals surface area contributed by atoms with Crippen molar-refractivity contribution >= 4 is 17.5 Å². The fourth-order valence-electron chi connectivity index (χ4n) is 4.81. The Hall–Kier alpha value is -3.17. The highest BCUT2D eigenvalue weighted by molar-refractivity contribution is 6.30. The Bertz CT molecular complexity index is 1380. The molecule has 6 nitrogen and oxygen atoms in total. The number of H-pyrrole nitrogens is 1. The summed E-state index contributed by atoms with van der Waals surface area (Å²) in [4.78, 5) is 35.1. The monoisotopic (exact) mass is 517 g/mol. The lowest BCUT2D eigenvalue weighted by atomic mass is 9.94. The molecule has 1 aliphatic carbocycles. The quantitative estimate of drug-likeness (QED) is 0.532. The molecule has 188 valence electrons. The number of carbonyl (C=O) groups is 1. The third kappa shape index (κ3) is 4.53. The first-order valence-electron chi connectivity index (χ1n) is 11.6. The van der Waals surface area contributed by atoms with E-state index in [1.54, 1.807) is 6.07 Å². The molecule has 0 saturated heterocycles. The first-order chi connectivity index (χ1) is 17.1. The van der Waals surface area contributed by atoms with Crippen LogP contribution in [0.15, 0.2) is 53.3 Å². The van der Waals surface area contributed by atoms with E-state index in [4.69, 9.17) is 16.6 Å². The maximum atomic E-state index is 13.1. The topological polar surface area (TPSA) is 86.3 Å². The molecule has 1 fully saturated rings. The Kier molecular flexibility index (Phi) is 6.16. The van der Waals surface area contributed by atoms with Gasteiger partial charge in [0.15, 0.2) is 6.10 Å². The van der Waals surface area contributed by atoms with Crippen molar-refractivity contribution in [3.8, 4) is 0 Å². The molecule has 0 bridgehead atoms. The molecule has 1 atom stereocenters. The number of aliphatic hydroxyl groups is 1. The molecule has 10 heteroatoms. The minimum Gasteiger partial charge on any atom is -0.378 e. The van der Waals surface area contributed by atoms with Gasteiger partial charge in [0, 0.05) is 11.6 Å². The normalized spacial score (nSPS) is 17.8. The molecular formula is C26H23ClF3N3O3. The molecule has 2 N–H and O–H groups in total. The Labute approximate surface area is 209 Å². The number of halogens is 4. The van der Waals surface area contributed by atoms with E-state index in [1.165, 1.54) is 11.0 Å². The molecule has 2 heterocycles. The van der Waals surface area contributed by atoms with Gasteiger partial charge in [-0.1, -0.05) is 35.9 Å². The van der Waals surface area contributed by atoms with Gasteiger partial charge in [-0.15, -0.1) is 0 Å². The highest BCUT2D eigenvalue weighted by atomic mass is 35.5. The standard InChI is InChI=1S/C26H23ClF3N3O3/c27-18-7-2-5-16(13-18)25(9-10-25)24-31-20-8-3-11-33(14-19(20)22(35)32-24)23(36)21(34)15-4-1-6-17(12-15)26(28,29)30/h1-2,4-7,12-13,21,34H,3,8-11,14H2,(H,31,32,35)/t21-/m0/s1. The van der Waals surface area contributed by atoms with Gasteiger partial charge in [-0.3, -0.25) is 9.59 Å². The number of aromatic amines is 1. The maximum absolute atomic E-state index is 13.1. The van der Waals surface area contributed by atoms with Crippen LogP contribution in [0.2, 0.25) is 5.02 Å². The highest BCUT2D eigenvalue weighted by Gasteiger charge is 2.49. The van der Waals surface area contributed by atoms with Crippen LogP contribution in [0, 0.1) is 0 Å². The summed E-state index contributed by atoms with van der Waals surface area (Å²) in [5, 5.41) is 11.2. The molecule has 1 saturated carbocycles. The van der Waals surface area contributed by atoms with Crippen molar-refractivity contribution in [2.75, 3.05) is 6.54 Å². The highest BCUT2D eigenvalue weighted by Crippen LogP contribution is 2.52. The summed E-state index contributed by atoms with van der Waals surface area (Å²) in [6.07, 6.45) is -3.78. The molecule has 3 aromatic rings. The molecule has 0 spiro atoms. The summed E-state index contributed by atoms with van der Waals surface area (Å²) in [6, 6.07) is 11.5. The molecule has 36 heavy (non-hydrogen) atoms. The lowest BCUT2D eigenvalue weighted by Gasteiger charge is -2.24. The molecule has 1 aliphatic heterocycles.